The normalized spacial score (nSPS) is 25.7. The molecule has 0 aromatic carbocycles. The van der Waals surface area contributed by atoms with Gasteiger partial charge in [-0.1, -0.05) is 20.3 Å². The highest BCUT2D eigenvalue weighted by Crippen LogP contribution is 2.33. The summed E-state index contributed by atoms with van der Waals surface area (Å²) in [5, 5.41) is 0. The van der Waals surface area contributed by atoms with Crippen LogP contribution in [0, 0.1) is 5.92 Å². The van der Waals surface area contributed by atoms with Gasteiger partial charge in [-0.05, 0) is 25.7 Å². The molecule has 0 radical (unpaired) electrons. The van der Waals surface area contributed by atoms with Crippen LogP contribution in [0.4, 0.5) is 0 Å². The molecule has 0 aromatic rings. The maximum Gasteiger partial charge on any atom is 0.0890 e. The molecule has 0 aromatic heterocycles. The van der Waals surface area contributed by atoms with Crippen molar-refractivity contribution in [3.8, 4) is 0 Å². The quantitative estimate of drug-likeness (QED) is 0.522. The number of nitrogens with zero attached hydrogens (tertiary/aromatic N) is 1. The van der Waals surface area contributed by atoms with Crippen LogP contribution in [0.3, 0.4) is 0 Å². The minimum absolute atomic E-state index is 0. The lowest BCUT2D eigenvalue weighted by molar-refractivity contribution is -0.944. The summed E-state index contributed by atoms with van der Waals surface area (Å²) in [6.45, 7) is 9.23. The molecule has 2 heteroatoms. The average molecular weight is 337 g/mol. The van der Waals surface area contributed by atoms with Crippen molar-refractivity contribution in [3.05, 3.63) is 0 Å². The second-order valence-corrected chi connectivity index (χ2v) is 6.24. The van der Waals surface area contributed by atoms with Gasteiger partial charge >= 0.3 is 0 Å². The van der Waals surface area contributed by atoms with Crippen LogP contribution in [0.5, 0.6) is 0 Å². The summed E-state index contributed by atoms with van der Waals surface area (Å²) >= 11 is 0. The monoisotopic (exact) mass is 337 g/mol. The van der Waals surface area contributed by atoms with Crippen molar-refractivity contribution in [1.82, 2.24) is 0 Å². The number of likely N-dealkylation sites (tertiary alicyclic amines) is 1. The molecule has 0 N–H and O–H groups in total. The summed E-state index contributed by atoms with van der Waals surface area (Å²) in [5.74, 6) is 0.880. The molecule has 0 unspecified atom stereocenters. The molecule has 1 saturated carbocycles. The molecule has 96 valence electrons. The first-order chi connectivity index (χ1) is 7.23. The molecule has 1 saturated heterocycles. The van der Waals surface area contributed by atoms with Crippen LogP contribution >= 0.6 is 0 Å². The lowest BCUT2D eigenvalue weighted by atomic mass is 9.91. The van der Waals surface area contributed by atoms with Gasteiger partial charge in [-0.25, -0.2) is 0 Å². The van der Waals surface area contributed by atoms with Crippen LogP contribution in [-0.4, -0.2) is 30.2 Å². The topological polar surface area (TPSA) is 0 Å². The lowest BCUT2D eigenvalue weighted by Crippen LogP contribution is -3.00. The van der Waals surface area contributed by atoms with Gasteiger partial charge in [0.05, 0.1) is 25.7 Å². The molecule has 1 heterocycles. The van der Waals surface area contributed by atoms with E-state index in [0.717, 1.165) is 12.0 Å². The van der Waals surface area contributed by atoms with Gasteiger partial charge in [-0.15, -0.1) is 0 Å². The van der Waals surface area contributed by atoms with Crippen molar-refractivity contribution in [1.29, 1.82) is 0 Å². The SMILES string of the molecule is CC(C)C[N+]1(C2CCCCC2)CCCC1.[I-]. The van der Waals surface area contributed by atoms with E-state index in [0.29, 0.717) is 0 Å². The second-order valence-electron chi connectivity index (χ2n) is 6.24. The maximum absolute atomic E-state index is 2.40. The Balaban J connectivity index is 0.00000128. The molecule has 2 rings (SSSR count). The van der Waals surface area contributed by atoms with Crippen LogP contribution in [0.25, 0.3) is 0 Å². The minimum Gasteiger partial charge on any atom is -1.00 e. The van der Waals surface area contributed by atoms with Crippen molar-refractivity contribution in [2.45, 2.75) is 64.8 Å². The molecule has 16 heavy (non-hydrogen) atoms. The van der Waals surface area contributed by atoms with E-state index in [1.165, 1.54) is 69.1 Å². The molecule has 2 fully saturated rings. The predicted molar refractivity (Wildman–Crippen MR) is 65.8 cm³/mol. The molecule has 0 atom stereocenters. The molecule has 1 aliphatic carbocycles. The van der Waals surface area contributed by atoms with E-state index in [4.69, 9.17) is 0 Å². The van der Waals surface area contributed by atoms with Gasteiger partial charge in [0.25, 0.3) is 0 Å². The standard InChI is InChI=1S/C14H28N.HI/c1-13(2)12-15(10-6-7-11-15)14-8-4-3-5-9-14;/h13-14H,3-12H2,1-2H3;1H/q+1;/p-1. The maximum atomic E-state index is 2.40. The highest BCUT2D eigenvalue weighted by Gasteiger charge is 2.40. The zero-order chi connectivity index (χ0) is 10.7. The molecular weight excluding hydrogens is 309 g/mol. The highest BCUT2D eigenvalue weighted by molar-refractivity contribution is 4.71. The van der Waals surface area contributed by atoms with Crippen molar-refractivity contribution >= 4 is 0 Å². The Morgan fingerprint density at radius 1 is 0.938 bits per heavy atom. The van der Waals surface area contributed by atoms with E-state index in [-0.39, 0.29) is 24.0 Å². The predicted octanol–water partition coefficient (Wildman–Crippen LogP) is 0.590. The number of quaternary nitrogens is 1. The smallest absolute Gasteiger partial charge is 0.0890 e. The molecule has 0 spiro atoms. The first-order valence-electron chi connectivity index (χ1n) is 7.09. The summed E-state index contributed by atoms with van der Waals surface area (Å²) in [6, 6.07) is 1.03. The first-order valence-corrected chi connectivity index (χ1v) is 7.09. The van der Waals surface area contributed by atoms with Gasteiger partial charge in [0, 0.05) is 18.8 Å². The van der Waals surface area contributed by atoms with E-state index in [1.54, 1.807) is 0 Å². The Bertz CT molecular complexity index is 191. The van der Waals surface area contributed by atoms with Crippen molar-refractivity contribution in [2.24, 2.45) is 5.92 Å². The molecule has 1 nitrogen and oxygen atoms in total. The largest absolute Gasteiger partial charge is 1.00 e. The fourth-order valence-corrected chi connectivity index (χ4v) is 4.02. The van der Waals surface area contributed by atoms with E-state index in [2.05, 4.69) is 13.8 Å². The molecular formula is C14H28IN. The Morgan fingerprint density at radius 2 is 1.50 bits per heavy atom. The number of hydrogen-bond donors (Lipinski definition) is 0. The second kappa shape index (κ2) is 6.58. The third kappa shape index (κ3) is 3.34. The third-order valence-corrected chi connectivity index (χ3v) is 4.53. The Kier molecular flexibility index (Phi) is 6.06. The Labute approximate surface area is 119 Å². The summed E-state index contributed by atoms with van der Waals surface area (Å²) in [4.78, 5) is 0. The zero-order valence-electron chi connectivity index (χ0n) is 11.1. The summed E-state index contributed by atoms with van der Waals surface area (Å²) < 4.78 is 1.50. The number of rotatable bonds is 3. The zero-order valence-corrected chi connectivity index (χ0v) is 13.2. The Hall–Kier alpha value is 0.690. The van der Waals surface area contributed by atoms with E-state index in [1.807, 2.05) is 0 Å². The minimum atomic E-state index is 0. The molecule has 2 aliphatic rings. The van der Waals surface area contributed by atoms with Crippen molar-refractivity contribution in [3.63, 3.8) is 0 Å². The molecule has 0 amide bonds. The molecule has 1 aliphatic heterocycles. The van der Waals surface area contributed by atoms with Gasteiger partial charge < -0.3 is 28.5 Å². The van der Waals surface area contributed by atoms with Crippen LogP contribution in [0.2, 0.25) is 0 Å². The summed E-state index contributed by atoms with van der Waals surface area (Å²) in [6.07, 6.45) is 10.5. The average Bonchev–Trinajstić information content (AvgIpc) is 2.68. The fourth-order valence-electron chi connectivity index (χ4n) is 4.02. The highest BCUT2D eigenvalue weighted by atomic mass is 127. The fraction of sp³-hybridized carbons (Fsp3) is 1.00. The number of hydrogen-bond acceptors (Lipinski definition) is 0. The Morgan fingerprint density at radius 3 is 2.00 bits per heavy atom. The van der Waals surface area contributed by atoms with Gasteiger partial charge in [0.1, 0.15) is 0 Å². The van der Waals surface area contributed by atoms with Gasteiger partial charge in [-0.2, -0.15) is 0 Å². The number of halogens is 1. The first kappa shape index (κ1) is 14.7. The van der Waals surface area contributed by atoms with Gasteiger partial charge in [0.15, 0.2) is 0 Å². The van der Waals surface area contributed by atoms with Crippen LogP contribution in [-0.2, 0) is 0 Å². The van der Waals surface area contributed by atoms with Crippen LogP contribution < -0.4 is 24.0 Å². The van der Waals surface area contributed by atoms with Crippen LogP contribution in [0.15, 0.2) is 0 Å². The van der Waals surface area contributed by atoms with Crippen molar-refractivity contribution < 1.29 is 28.5 Å². The molecule has 0 bridgehead atoms. The van der Waals surface area contributed by atoms with Crippen LogP contribution in [0.1, 0.15) is 58.8 Å². The summed E-state index contributed by atoms with van der Waals surface area (Å²) in [7, 11) is 0. The van der Waals surface area contributed by atoms with E-state index >= 15 is 0 Å². The van der Waals surface area contributed by atoms with Gasteiger partial charge in [0.2, 0.25) is 0 Å². The van der Waals surface area contributed by atoms with Gasteiger partial charge in [-0.3, -0.25) is 0 Å². The van der Waals surface area contributed by atoms with E-state index in [9.17, 15) is 0 Å². The van der Waals surface area contributed by atoms with Crippen molar-refractivity contribution in [2.75, 3.05) is 19.6 Å². The third-order valence-electron chi connectivity index (χ3n) is 4.53. The van der Waals surface area contributed by atoms with E-state index < -0.39 is 0 Å². The lowest BCUT2D eigenvalue weighted by Gasteiger charge is -2.44. The summed E-state index contributed by atoms with van der Waals surface area (Å²) in [5.41, 5.74) is 0.